The van der Waals surface area contributed by atoms with Crippen molar-refractivity contribution in [3.8, 4) is 11.1 Å². The fourth-order valence-electron chi connectivity index (χ4n) is 3.46. The molecule has 1 fully saturated rings. The molecule has 2 N–H and O–H groups in total. The number of pyridine rings is 1. The molecule has 2 aromatic heterocycles. The largest absolute Gasteiger partial charge is 0.384 e. The third kappa shape index (κ3) is 5.14. The summed E-state index contributed by atoms with van der Waals surface area (Å²) >= 11 is 0. The highest BCUT2D eigenvalue weighted by Crippen LogP contribution is 2.30. The maximum absolute atomic E-state index is 6.04. The lowest BCUT2D eigenvalue weighted by atomic mass is 10.0. The van der Waals surface area contributed by atoms with Crippen LogP contribution in [0.2, 0.25) is 0 Å². The Morgan fingerprint density at radius 2 is 2.07 bits per heavy atom. The minimum atomic E-state index is -0.120. The molecule has 3 heterocycles. The van der Waals surface area contributed by atoms with E-state index in [1.807, 2.05) is 36.5 Å². The van der Waals surface area contributed by atoms with E-state index >= 15 is 0 Å². The predicted molar refractivity (Wildman–Crippen MR) is 111 cm³/mol. The number of ether oxygens (including phenoxy) is 2. The lowest BCUT2D eigenvalue weighted by Crippen LogP contribution is -2.40. The highest BCUT2D eigenvalue weighted by molar-refractivity contribution is 5.67. The number of aromatic nitrogens is 3. The summed E-state index contributed by atoms with van der Waals surface area (Å²) in [5, 5.41) is 0. The van der Waals surface area contributed by atoms with Crippen LogP contribution in [0.5, 0.6) is 0 Å². The number of hydrogen-bond donors (Lipinski definition) is 1. The Hall–Kier alpha value is -2.87. The number of nitrogen functional groups attached to an aromatic ring is 1. The second-order valence-corrected chi connectivity index (χ2v) is 6.99. The van der Waals surface area contributed by atoms with Gasteiger partial charge in [-0.25, -0.2) is 15.0 Å². The molecule has 29 heavy (non-hydrogen) atoms. The second kappa shape index (κ2) is 9.56. The molecule has 1 atom stereocenters. The van der Waals surface area contributed by atoms with Crippen molar-refractivity contribution in [1.29, 1.82) is 0 Å². The summed E-state index contributed by atoms with van der Waals surface area (Å²) in [5.74, 6) is 0.471. The van der Waals surface area contributed by atoms with E-state index in [9.17, 15) is 0 Å². The number of nitrogens with two attached hydrogens (primary N) is 1. The quantitative estimate of drug-likeness (QED) is 0.620. The van der Waals surface area contributed by atoms with Crippen molar-refractivity contribution in [1.82, 2.24) is 19.9 Å². The molecule has 1 aromatic carbocycles. The van der Waals surface area contributed by atoms with E-state index in [-0.39, 0.29) is 6.10 Å². The van der Waals surface area contributed by atoms with Gasteiger partial charge in [0.15, 0.2) is 0 Å². The molecular formula is C22H25N5O2. The Labute approximate surface area is 170 Å². The zero-order valence-corrected chi connectivity index (χ0v) is 16.3. The number of benzene rings is 1. The molecule has 3 aromatic rings. The van der Waals surface area contributed by atoms with Gasteiger partial charge in [-0.1, -0.05) is 30.3 Å². The van der Waals surface area contributed by atoms with Gasteiger partial charge in [0.1, 0.15) is 18.2 Å². The van der Waals surface area contributed by atoms with Crippen LogP contribution in [0.1, 0.15) is 17.4 Å². The van der Waals surface area contributed by atoms with Crippen LogP contribution in [0.4, 0.5) is 5.82 Å². The topological polar surface area (TPSA) is 86.4 Å². The summed E-state index contributed by atoms with van der Waals surface area (Å²) in [6.45, 7) is 4.47. The molecule has 0 amide bonds. The molecule has 1 aliphatic rings. The van der Waals surface area contributed by atoms with Gasteiger partial charge in [-0.15, -0.1) is 0 Å². The standard InChI is InChI=1S/C22H25N5O2/c23-21-12-18(6-7-25-21)19-13-24-16-26-22(19)20-14-27(9-11-29-20)8-10-28-15-17-4-2-1-3-5-17/h1-7,12-13,16,20H,8-11,14-15H2,(H2,23,25). The molecule has 1 saturated heterocycles. The zero-order chi connectivity index (χ0) is 19.9. The average molecular weight is 391 g/mol. The van der Waals surface area contributed by atoms with Gasteiger partial charge in [-0.05, 0) is 23.3 Å². The van der Waals surface area contributed by atoms with Crippen LogP contribution in [0, 0.1) is 0 Å². The number of morpholine rings is 1. The molecule has 0 radical (unpaired) electrons. The van der Waals surface area contributed by atoms with E-state index in [1.54, 1.807) is 12.5 Å². The first-order valence-electron chi connectivity index (χ1n) is 9.77. The predicted octanol–water partition coefficient (Wildman–Crippen LogP) is 2.71. The molecule has 7 nitrogen and oxygen atoms in total. The van der Waals surface area contributed by atoms with E-state index in [0.29, 0.717) is 25.6 Å². The number of nitrogens with zero attached hydrogens (tertiary/aromatic N) is 4. The highest BCUT2D eigenvalue weighted by atomic mass is 16.5. The van der Waals surface area contributed by atoms with E-state index < -0.39 is 0 Å². The van der Waals surface area contributed by atoms with Gasteiger partial charge >= 0.3 is 0 Å². The van der Waals surface area contributed by atoms with Crippen molar-refractivity contribution in [2.45, 2.75) is 12.7 Å². The fourth-order valence-corrected chi connectivity index (χ4v) is 3.46. The van der Waals surface area contributed by atoms with E-state index in [4.69, 9.17) is 15.2 Å². The first-order valence-corrected chi connectivity index (χ1v) is 9.77. The Kier molecular flexibility index (Phi) is 6.41. The molecule has 1 unspecified atom stereocenters. The Balaban J connectivity index is 1.37. The van der Waals surface area contributed by atoms with Crippen LogP contribution in [0.3, 0.4) is 0 Å². The first-order chi connectivity index (χ1) is 14.3. The van der Waals surface area contributed by atoms with Gasteiger partial charge in [0.2, 0.25) is 0 Å². The van der Waals surface area contributed by atoms with Crippen molar-refractivity contribution in [3.63, 3.8) is 0 Å². The summed E-state index contributed by atoms with van der Waals surface area (Å²) in [4.78, 5) is 15.1. The molecule has 0 aliphatic carbocycles. The Morgan fingerprint density at radius 1 is 1.17 bits per heavy atom. The minimum Gasteiger partial charge on any atom is -0.384 e. The zero-order valence-electron chi connectivity index (χ0n) is 16.3. The third-order valence-corrected chi connectivity index (χ3v) is 4.95. The van der Waals surface area contributed by atoms with Crippen molar-refractivity contribution in [3.05, 3.63) is 72.4 Å². The average Bonchev–Trinajstić information content (AvgIpc) is 2.78. The van der Waals surface area contributed by atoms with Gasteiger partial charge in [0, 0.05) is 37.6 Å². The SMILES string of the molecule is Nc1cc(-c2cncnc2C2CN(CCOCc3ccccc3)CCO2)ccn1. The molecule has 1 aliphatic heterocycles. The van der Waals surface area contributed by atoms with E-state index in [1.165, 1.54) is 5.56 Å². The smallest absolute Gasteiger partial charge is 0.123 e. The number of hydrogen-bond acceptors (Lipinski definition) is 7. The van der Waals surface area contributed by atoms with Gasteiger partial charge in [-0.3, -0.25) is 4.90 Å². The van der Waals surface area contributed by atoms with Gasteiger partial charge in [-0.2, -0.15) is 0 Å². The summed E-state index contributed by atoms with van der Waals surface area (Å²) < 4.78 is 11.9. The summed E-state index contributed by atoms with van der Waals surface area (Å²) in [7, 11) is 0. The maximum atomic E-state index is 6.04. The van der Waals surface area contributed by atoms with Crippen LogP contribution in [0.15, 0.2) is 61.2 Å². The monoisotopic (exact) mass is 391 g/mol. The number of rotatable bonds is 7. The molecule has 4 rings (SSSR count). The lowest BCUT2D eigenvalue weighted by molar-refractivity contribution is -0.0402. The first kappa shape index (κ1) is 19.4. The fraction of sp³-hybridized carbons (Fsp3) is 0.318. The lowest BCUT2D eigenvalue weighted by Gasteiger charge is -2.33. The van der Waals surface area contributed by atoms with E-state index in [0.717, 1.165) is 36.5 Å². The molecule has 7 heteroatoms. The van der Waals surface area contributed by atoms with Gasteiger partial charge in [0.05, 0.1) is 25.5 Å². The maximum Gasteiger partial charge on any atom is 0.123 e. The van der Waals surface area contributed by atoms with E-state index in [2.05, 4.69) is 32.0 Å². The summed E-state index contributed by atoms with van der Waals surface area (Å²) in [5.41, 5.74) is 9.79. The van der Waals surface area contributed by atoms with Gasteiger partial charge in [0.25, 0.3) is 0 Å². The van der Waals surface area contributed by atoms with Crippen molar-refractivity contribution >= 4 is 5.82 Å². The highest BCUT2D eigenvalue weighted by Gasteiger charge is 2.25. The van der Waals surface area contributed by atoms with Crippen LogP contribution >= 0.6 is 0 Å². The summed E-state index contributed by atoms with van der Waals surface area (Å²) in [6.07, 6.45) is 4.95. The number of anilines is 1. The van der Waals surface area contributed by atoms with Crippen molar-refractivity contribution < 1.29 is 9.47 Å². The molecule has 0 bridgehead atoms. The summed E-state index contributed by atoms with van der Waals surface area (Å²) in [6, 6.07) is 14.0. The van der Waals surface area contributed by atoms with Crippen LogP contribution in [-0.4, -0.2) is 52.7 Å². The normalized spacial score (nSPS) is 17.3. The Morgan fingerprint density at radius 3 is 2.93 bits per heavy atom. The minimum absolute atomic E-state index is 0.120. The van der Waals surface area contributed by atoms with Crippen LogP contribution in [-0.2, 0) is 16.1 Å². The molecule has 150 valence electrons. The van der Waals surface area contributed by atoms with Gasteiger partial charge < -0.3 is 15.2 Å². The van der Waals surface area contributed by atoms with Crippen molar-refractivity contribution in [2.75, 3.05) is 38.6 Å². The molecule has 0 spiro atoms. The Bertz CT molecular complexity index is 922. The second-order valence-electron chi connectivity index (χ2n) is 6.99. The van der Waals surface area contributed by atoms with Crippen molar-refractivity contribution in [2.24, 2.45) is 0 Å². The molecule has 0 saturated carbocycles. The third-order valence-electron chi connectivity index (χ3n) is 4.95. The molecular weight excluding hydrogens is 366 g/mol. The van der Waals surface area contributed by atoms with Crippen LogP contribution in [0.25, 0.3) is 11.1 Å². The van der Waals surface area contributed by atoms with Crippen LogP contribution < -0.4 is 5.73 Å².